The Kier molecular flexibility index (Phi) is 5.88. The third-order valence-corrected chi connectivity index (χ3v) is 3.44. The minimum absolute atomic E-state index is 0.0316. The van der Waals surface area contributed by atoms with Gasteiger partial charge in [-0.05, 0) is 31.8 Å². The van der Waals surface area contributed by atoms with Crippen molar-refractivity contribution in [2.45, 2.75) is 44.9 Å². The number of piperidine rings is 1. The normalized spacial score (nSPS) is 21.5. The molecule has 1 unspecified atom stereocenters. The summed E-state index contributed by atoms with van der Waals surface area (Å²) in [5.74, 6) is 0.322. The fraction of sp³-hybridized carbons (Fsp3) is 1.00. The highest BCUT2D eigenvalue weighted by atomic mass is 19.4. The summed E-state index contributed by atoms with van der Waals surface area (Å²) in [5.41, 5.74) is 0. The van der Waals surface area contributed by atoms with Crippen LogP contribution in [0, 0.1) is 5.92 Å². The molecule has 0 aromatic heterocycles. The summed E-state index contributed by atoms with van der Waals surface area (Å²) in [4.78, 5) is 1.45. The van der Waals surface area contributed by atoms with Gasteiger partial charge in [0.1, 0.15) is 0 Å². The van der Waals surface area contributed by atoms with Gasteiger partial charge in [0.15, 0.2) is 0 Å². The molecule has 0 amide bonds. The van der Waals surface area contributed by atoms with Crippen molar-refractivity contribution in [1.29, 1.82) is 0 Å². The first-order chi connectivity index (χ1) is 8.31. The molecule has 108 valence electrons. The van der Waals surface area contributed by atoms with Crippen LogP contribution < -0.4 is 5.32 Å². The van der Waals surface area contributed by atoms with Crippen LogP contribution in [0.2, 0.25) is 0 Å². The molecule has 0 aromatic rings. The average Bonchev–Trinajstić information content (AvgIpc) is 2.25. The highest BCUT2D eigenvalue weighted by Crippen LogP contribution is 2.20. The van der Waals surface area contributed by atoms with E-state index in [1.165, 1.54) is 4.90 Å². The molecule has 2 N–H and O–H groups in total. The summed E-state index contributed by atoms with van der Waals surface area (Å²) in [7, 11) is 0. The fourth-order valence-electron chi connectivity index (χ4n) is 2.27. The maximum Gasteiger partial charge on any atom is 0.401 e. The number of hydrogen-bond acceptors (Lipinski definition) is 3. The van der Waals surface area contributed by atoms with Crippen LogP contribution in [0.25, 0.3) is 0 Å². The summed E-state index contributed by atoms with van der Waals surface area (Å²) in [6.07, 6.45) is -2.69. The summed E-state index contributed by atoms with van der Waals surface area (Å²) in [6, 6.07) is 0.248. The Balaban J connectivity index is 2.31. The van der Waals surface area contributed by atoms with Gasteiger partial charge in [0.2, 0.25) is 0 Å². The van der Waals surface area contributed by atoms with Gasteiger partial charge in [0.05, 0.1) is 13.2 Å². The minimum Gasteiger partial charge on any atom is -0.395 e. The minimum atomic E-state index is -4.11. The molecule has 1 aliphatic rings. The fourth-order valence-corrected chi connectivity index (χ4v) is 2.27. The standard InChI is InChI=1S/C12H23F3N2O/c1-9(2)11(7-18)16-10-3-5-17(6-4-10)8-12(13,14)15/h9-11,16,18H,3-8H2,1-2H3. The van der Waals surface area contributed by atoms with Crippen molar-refractivity contribution in [3.05, 3.63) is 0 Å². The van der Waals surface area contributed by atoms with E-state index in [9.17, 15) is 18.3 Å². The number of aliphatic hydroxyl groups is 1. The van der Waals surface area contributed by atoms with Crippen molar-refractivity contribution < 1.29 is 18.3 Å². The van der Waals surface area contributed by atoms with Crippen LogP contribution in [0.1, 0.15) is 26.7 Å². The Hall–Kier alpha value is -0.330. The predicted molar refractivity (Wildman–Crippen MR) is 64.4 cm³/mol. The zero-order chi connectivity index (χ0) is 13.8. The van der Waals surface area contributed by atoms with Crippen LogP contribution in [0.5, 0.6) is 0 Å². The van der Waals surface area contributed by atoms with Gasteiger partial charge >= 0.3 is 6.18 Å². The smallest absolute Gasteiger partial charge is 0.395 e. The summed E-state index contributed by atoms with van der Waals surface area (Å²) < 4.78 is 36.7. The number of alkyl halides is 3. The summed E-state index contributed by atoms with van der Waals surface area (Å²) in [5, 5.41) is 12.5. The van der Waals surface area contributed by atoms with Crippen LogP contribution in [0.4, 0.5) is 13.2 Å². The van der Waals surface area contributed by atoms with Gasteiger partial charge in [0.25, 0.3) is 0 Å². The summed E-state index contributed by atoms with van der Waals surface area (Å²) >= 11 is 0. The van der Waals surface area contributed by atoms with E-state index in [4.69, 9.17) is 0 Å². The lowest BCUT2D eigenvalue weighted by Crippen LogP contribution is -2.50. The Labute approximate surface area is 106 Å². The highest BCUT2D eigenvalue weighted by Gasteiger charge is 2.32. The number of nitrogens with zero attached hydrogens (tertiary/aromatic N) is 1. The van der Waals surface area contributed by atoms with Crippen LogP contribution in [-0.2, 0) is 0 Å². The SMILES string of the molecule is CC(C)C(CO)NC1CCN(CC(F)(F)F)CC1. The third kappa shape index (κ3) is 5.54. The zero-order valence-electron chi connectivity index (χ0n) is 11.0. The Morgan fingerprint density at radius 1 is 1.28 bits per heavy atom. The second-order valence-electron chi connectivity index (χ2n) is 5.37. The topological polar surface area (TPSA) is 35.5 Å². The molecular weight excluding hydrogens is 245 g/mol. The average molecular weight is 268 g/mol. The molecule has 1 fully saturated rings. The summed E-state index contributed by atoms with van der Waals surface area (Å²) in [6.45, 7) is 4.23. The molecule has 6 heteroatoms. The van der Waals surface area contributed by atoms with Crippen molar-refractivity contribution in [3.63, 3.8) is 0 Å². The lowest BCUT2D eigenvalue weighted by Gasteiger charge is -2.35. The molecule has 1 rings (SSSR count). The van der Waals surface area contributed by atoms with Crippen molar-refractivity contribution in [2.75, 3.05) is 26.2 Å². The van der Waals surface area contributed by atoms with E-state index < -0.39 is 12.7 Å². The Morgan fingerprint density at radius 3 is 2.22 bits per heavy atom. The van der Waals surface area contributed by atoms with Gasteiger partial charge in [-0.25, -0.2) is 0 Å². The molecule has 0 bridgehead atoms. The van der Waals surface area contributed by atoms with E-state index in [1.54, 1.807) is 0 Å². The number of halogens is 3. The molecule has 1 aliphatic heterocycles. The predicted octanol–water partition coefficient (Wildman–Crippen LogP) is 1.62. The van der Waals surface area contributed by atoms with Gasteiger partial charge in [-0.15, -0.1) is 0 Å². The van der Waals surface area contributed by atoms with Crippen molar-refractivity contribution in [3.8, 4) is 0 Å². The molecule has 0 radical (unpaired) electrons. The van der Waals surface area contributed by atoms with E-state index in [1.807, 2.05) is 13.8 Å². The quantitative estimate of drug-likeness (QED) is 0.795. The number of likely N-dealkylation sites (tertiary alicyclic amines) is 1. The van der Waals surface area contributed by atoms with E-state index in [-0.39, 0.29) is 18.7 Å². The van der Waals surface area contributed by atoms with E-state index in [0.29, 0.717) is 31.8 Å². The van der Waals surface area contributed by atoms with Gasteiger partial charge in [-0.2, -0.15) is 13.2 Å². The van der Waals surface area contributed by atoms with Crippen molar-refractivity contribution >= 4 is 0 Å². The largest absolute Gasteiger partial charge is 0.401 e. The highest BCUT2D eigenvalue weighted by molar-refractivity contribution is 4.82. The van der Waals surface area contributed by atoms with Crippen molar-refractivity contribution in [2.24, 2.45) is 5.92 Å². The van der Waals surface area contributed by atoms with Gasteiger partial charge in [-0.1, -0.05) is 13.8 Å². The molecule has 0 aromatic carbocycles. The molecule has 1 atom stereocenters. The monoisotopic (exact) mass is 268 g/mol. The number of rotatable bonds is 5. The van der Waals surface area contributed by atoms with Crippen LogP contribution in [0.15, 0.2) is 0 Å². The molecule has 3 nitrogen and oxygen atoms in total. The van der Waals surface area contributed by atoms with Gasteiger partial charge in [-0.3, -0.25) is 4.90 Å². The molecule has 1 saturated heterocycles. The maximum absolute atomic E-state index is 12.2. The maximum atomic E-state index is 12.2. The van der Waals surface area contributed by atoms with Crippen molar-refractivity contribution in [1.82, 2.24) is 10.2 Å². The van der Waals surface area contributed by atoms with Crippen LogP contribution >= 0.6 is 0 Å². The first-order valence-corrected chi connectivity index (χ1v) is 6.48. The molecule has 1 heterocycles. The molecule has 0 aliphatic carbocycles. The van der Waals surface area contributed by atoms with E-state index >= 15 is 0 Å². The molecule has 0 saturated carbocycles. The zero-order valence-corrected chi connectivity index (χ0v) is 11.0. The van der Waals surface area contributed by atoms with Crippen LogP contribution in [-0.4, -0.2) is 54.5 Å². The van der Waals surface area contributed by atoms with Gasteiger partial charge < -0.3 is 10.4 Å². The second kappa shape index (κ2) is 6.73. The Morgan fingerprint density at radius 2 is 1.83 bits per heavy atom. The molecule has 18 heavy (non-hydrogen) atoms. The number of hydrogen-bond donors (Lipinski definition) is 2. The first-order valence-electron chi connectivity index (χ1n) is 6.48. The lowest BCUT2D eigenvalue weighted by molar-refractivity contribution is -0.148. The van der Waals surface area contributed by atoms with Crippen LogP contribution in [0.3, 0.4) is 0 Å². The second-order valence-corrected chi connectivity index (χ2v) is 5.37. The number of aliphatic hydroxyl groups excluding tert-OH is 1. The lowest BCUT2D eigenvalue weighted by atomic mass is 9.99. The van der Waals surface area contributed by atoms with E-state index in [0.717, 1.165) is 0 Å². The van der Waals surface area contributed by atoms with Gasteiger partial charge in [0, 0.05) is 12.1 Å². The Bertz CT molecular complexity index is 238. The first kappa shape index (κ1) is 15.7. The van der Waals surface area contributed by atoms with E-state index in [2.05, 4.69) is 5.32 Å². The number of nitrogens with one attached hydrogen (secondary N) is 1. The molecular formula is C12H23F3N2O. The third-order valence-electron chi connectivity index (χ3n) is 3.44. The molecule has 0 spiro atoms.